The highest BCUT2D eigenvalue weighted by Gasteiger charge is 2.37. The minimum absolute atomic E-state index is 0.0992. The van der Waals surface area contributed by atoms with Gasteiger partial charge in [-0.2, -0.15) is 13.2 Å². The molecule has 0 radical (unpaired) electrons. The highest BCUT2D eigenvalue weighted by Crippen LogP contribution is 2.39. The Morgan fingerprint density at radius 3 is 2.26 bits per heavy atom. The Morgan fingerprint density at radius 1 is 1.10 bits per heavy atom. The molecule has 1 aliphatic rings. The number of ether oxygens (including phenoxy) is 1. The van der Waals surface area contributed by atoms with Crippen molar-refractivity contribution in [1.82, 2.24) is 4.90 Å². The monoisotopic (exact) mass is 435 g/mol. The smallest absolute Gasteiger partial charge is 0.416 e. The Kier molecular flexibility index (Phi) is 6.48. The van der Waals surface area contributed by atoms with Crippen molar-refractivity contribution in [2.75, 3.05) is 6.61 Å². The van der Waals surface area contributed by atoms with Crippen LogP contribution in [-0.2, 0) is 27.0 Å². The number of alkyl halides is 3. The molecular formula is C23H21F4NO3. The van der Waals surface area contributed by atoms with Crippen LogP contribution in [0.3, 0.4) is 0 Å². The topological polar surface area (TPSA) is 46.6 Å². The maximum Gasteiger partial charge on any atom is 0.416 e. The maximum absolute atomic E-state index is 13.2. The van der Waals surface area contributed by atoms with Crippen LogP contribution in [0, 0.1) is 5.82 Å². The van der Waals surface area contributed by atoms with E-state index in [4.69, 9.17) is 4.74 Å². The van der Waals surface area contributed by atoms with Crippen molar-refractivity contribution in [2.24, 2.45) is 0 Å². The van der Waals surface area contributed by atoms with E-state index in [1.165, 1.54) is 29.2 Å². The second-order valence-corrected chi connectivity index (χ2v) is 7.20. The Bertz CT molecular complexity index is 995. The van der Waals surface area contributed by atoms with Crippen LogP contribution in [0.1, 0.15) is 42.9 Å². The van der Waals surface area contributed by atoms with Crippen LogP contribution >= 0.6 is 0 Å². The molecule has 3 rings (SSSR count). The van der Waals surface area contributed by atoms with E-state index in [0.717, 1.165) is 12.1 Å². The Hall–Kier alpha value is -3.16. The lowest BCUT2D eigenvalue weighted by atomic mass is 9.83. The van der Waals surface area contributed by atoms with Crippen LogP contribution in [0.15, 0.2) is 59.8 Å². The SMILES string of the molecule is CCOC(=O)C1=C(C)N(Cc2ccc(F)cc2)C(=O)CC1c1ccc(C(F)(F)F)cc1. The van der Waals surface area contributed by atoms with Crippen molar-refractivity contribution >= 4 is 11.9 Å². The lowest BCUT2D eigenvalue weighted by Gasteiger charge is -2.34. The second kappa shape index (κ2) is 8.91. The van der Waals surface area contributed by atoms with E-state index >= 15 is 0 Å². The lowest BCUT2D eigenvalue weighted by molar-refractivity contribution is -0.140. The largest absolute Gasteiger partial charge is 0.463 e. The van der Waals surface area contributed by atoms with Crippen molar-refractivity contribution in [1.29, 1.82) is 0 Å². The zero-order valence-corrected chi connectivity index (χ0v) is 17.0. The summed E-state index contributed by atoms with van der Waals surface area (Å²) in [5, 5.41) is 0. The number of carbonyl (C=O) groups excluding carboxylic acids is 2. The summed E-state index contributed by atoms with van der Waals surface area (Å²) in [5.41, 5.74) is 0.873. The van der Waals surface area contributed by atoms with E-state index in [-0.39, 0.29) is 31.1 Å². The van der Waals surface area contributed by atoms with Gasteiger partial charge in [-0.25, -0.2) is 9.18 Å². The Morgan fingerprint density at radius 2 is 1.71 bits per heavy atom. The van der Waals surface area contributed by atoms with Crippen molar-refractivity contribution in [3.05, 3.63) is 82.3 Å². The van der Waals surface area contributed by atoms with E-state index in [2.05, 4.69) is 0 Å². The summed E-state index contributed by atoms with van der Waals surface area (Å²) in [6, 6.07) is 10.1. The van der Waals surface area contributed by atoms with Gasteiger partial charge in [0.15, 0.2) is 0 Å². The molecule has 1 unspecified atom stereocenters. The molecule has 0 saturated carbocycles. The number of halogens is 4. The first-order valence-corrected chi connectivity index (χ1v) is 9.71. The van der Waals surface area contributed by atoms with Crippen LogP contribution in [0.25, 0.3) is 0 Å². The van der Waals surface area contributed by atoms with Crippen molar-refractivity contribution in [3.8, 4) is 0 Å². The standard InChI is InChI=1S/C23H21F4NO3/c1-3-31-22(30)21-14(2)28(13-15-4-10-18(24)11-5-15)20(29)12-19(21)16-6-8-17(9-7-16)23(25,26)27/h4-11,19H,3,12-13H2,1-2H3. The van der Waals surface area contributed by atoms with Crippen molar-refractivity contribution in [2.45, 2.75) is 38.9 Å². The number of hydrogen-bond donors (Lipinski definition) is 0. The quantitative estimate of drug-likeness (QED) is 0.479. The number of esters is 1. The molecule has 0 aromatic heterocycles. The summed E-state index contributed by atoms with van der Waals surface area (Å²) in [6.07, 6.45) is -4.58. The zero-order chi connectivity index (χ0) is 22.8. The van der Waals surface area contributed by atoms with Gasteiger partial charge >= 0.3 is 12.1 Å². The fourth-order valence-corrected chi connectivity index (χ4v) is 3.64. The highest BCUT2D eigenvalue weighted by molar-refractivity contribution is 5.95. The Balaban J connectivity index is 2.00. The third-order valence-corrected chi connectivity index (χ3v) is 5.21. The molecule has 164 valence electrons. The fourth-order valence-electron chi connectivity index (χ4n) is 3.64. The first kappa shape index (κ1) is 22.5. The van der Waals surface area contributed by atoms with Gasteiger partial charge in [0.05, 0.1) is 24.3 Å². The van der Waals surface area contributed by atoms with E-state index in [9.17, 15) is 27.2 Å². The molecule has 0 fully saturated rings. The molecule has 1 heterocycles. The Labute approximate surface area is 177 Å². The van der Waals surface area contributed by atoms with Crippen molar-refractivity contribution in [3.63, 3.8) is 0 Å². The predicted molar refractivity (Wildman–Crippen MR) is 105 cm³/mol. The van der Waals surface area contributed by atoms with E-state index in [1.54, 1.807) is 26.0 Å². The molecule has 0 bridgehead atoms. The van der Waals surface area contributed by atoms with Crippen LogP contribution in [0.2, 0.25) is 0 Å². The first-order valence-electron chi connectivity index (χ1n) is 9.71. The number of carbonyl (C=O) groups is 2. The van der Waals surface area contributed by atoms with Gasteiger partial charge in [-0.15, -0.1) is 0 Å². The normalized spacial score (nSPS) is 17.2. The molecule has 1 aliphatic heterocycles. The average Bonchev–Trinajstić information content (AvgIpc) is 2.71. The summed E-state index contributed by atoms with van der Waals surface area (Å²) in [4.78, 5) is 27.0. The summed E-state index contributed by atoms with van der Waals surface area (Å²) >= 11 is 0. The van der Waals surface area contributed by atoms with E-state index in [1.807, 2.05) is 0 Å². The number of rotatable bonds is 5. The van der Waals surface area contributed by atoms with Crippen LogP contribution in [0.4, 0.5) is 17.6 Å². The first-order chi connectivity index (χ1) is 14.6. The molecule has 1 atom stereocenters. The van der Waals surface area contributed by atoms with Crippen LogP contribution < -0.4 is 0 Å². The van der Waals surface area contributed by atoms with E-state index < -0.39 is 29.4 Å². The third-order valence-electron chi connectivity index (χ3n) is 5.21. The third kappa shape index (κ3) is 4.95. The molecule has 0 N–H and O–H groups in total. The van der Waals surface area contributed by atoms with E-state index in [0.29, 0.717) is 16.8 Å². The summed E-state index contributed by atoms with van der Waals surface area (Å²) in [7, 11) is 0. The summed E-state index contributed by atoms with van der Waals surface area (Å²) in [5.74, 6) is -2.05. The number of hydrogen-bond acceptors (Lipinski definition) is 3. The summed E-state index contributed by atoms with van der Waals surface area (Å²) in [6.45, 7) is 3.49. The van der Waals surface area contributed by atoms with Crippen molar-refractivity contribution < 1.29 is 31.9 Å². The summed E-state index contributed by atoms with van der Waals surface area (Å²) < 4.78 is 57.1. The van der Waals surface area contributed by atoms with Crippen LogP contribution in [-0.4, -0.2) is 23.4 Å². The average molecular weight is 435 g/mol. The fraction of sp³-hybridized carbons (Fsp3) is 0.304. The highest BCUT2D eigenvalue weighted by atomic mass is 19.4. The molecule has 0 aliphatic carbocycles. The minimum atomic E-state index is -4.48. The molecule has 0 saturated heterocycles. The zero-order valence-electron chi connectivity index (χ0n) is 17.0. The van der Waals surface area contributed by atoms with Gasteiger partial charge in [-0.3, -0.25) is 4.79 Å². The maximum atomic E-state index is 13.2. The molecule has 2 aromatic rings. The second-order valence-electron chi connectivity index (χ2n) is 7.20. The van der Waals surface area contributed by atoms with Gasteiger partial charge in [0.25, 0.3) is 0 Å². The molecule has 31 heavy (non-hydrogen) atoms. The van der Waals surface area contributed by atoms with Gasteiger partial charge in [0, 0.05) is 18.0 Å². The van der Waals surface area contributed by atoms with Gasteiger partial charge in [0.1, 0.15) is 5.82 Å². The molecule has 1 amide bonds. The van der Waals surface area contributed by atoms with Crippen LogP contribution in [0.5, 0.6) is 0 Å². The lowest BCUT2D eigenvalue weighted by Crippen LogP contribution is -2.38. The molecule has 8 heteroatoms. The number of amides is 1. The molecular weight excluding hydrogens is 414 g/mol. The van der Waals surface area contributed by atoms with Gasteiger partial charge in [0.2, 0.25) is 5.91 Å². The number of benzene rings is 2. The number of nitrogens with zero attached hydrogens (tertiary/aromatic N) is 1. The number of allylic oxidation sites excluding steroid dienone is 1. The molecule has 0 spiro atoms. The van der Waals surface area contributed by atoms with Gasteiger partial charge in [-0.05, 0) is 49.2 Å². The van der Waals surface area contributed by atoms with Gasteiger partial charge < -0.3 is 9.64 Å². The van der Waals surface area contributed by atoms with Gasteiger partial charge in [-0.1, -0.05) is 24.3 Å². The minimum Gasteiger partial charge on any atom is -0.463 e. The molecule has 2 aromatic carbocycles. The predicted octanol–water partition coefficient (Wildman–Crippen LogP) is 5.20. The molecule has 4 nitrogen and oxygen atoms in total.